The summed E-state index contributed by atoms with van der Waals surface area (Å²) in [5.41, 5.74) is 2.49. The molecule has 0 aromatic heterocycles. The topological polar surface area (TPSA) is 60.2 Å². The van der Waals surface area contributed by atoms with Gasteiger partial charge in [0.1, 0.15) is 0 Å². The van der Waals surface area contributed by atoms with E-state index in [-0.39, 0.29) is 16.6 Å². The van der Waals surface area contributed by atoms with Gasteiger partial charge in [0.25, 0.3) is 0 Å². The fourth-order valence-corrected chi connectivity index (χ4v) is 5.58. The molecule has 0 saturated heterocycles. The molecule has 2 atom stereocenters. The van der Waals surface area contributed by atoms with Crippen molar-refractivity contribution in [3.63, 3.8) is 0 Å². The summed E-state index contributed by atoms with van der Waals surface area (Å²) in [4.78, 5) is 0. The van der Waals surface area contributed by atoms with E-state index >= 15 is 0 Å². The van der Waals surface area contributed by atoms with Crippen LogP contribution in [0.1, 0.15) is 47.0 Å². The Hall–Kier alpha value is -0.350. The summed E-state index contributed by atoms with van der Waals surface area (Å²) in [5.74, 6) is 0.735. The van der Waals surface area contributed by atoms with Crippen LogP contribution in [0.4, 0.5) is 0 Å². The van der Waals surface area contributed by atoms with E-state index in [9.17, 15) is 8.42 Å². The van der Waals surface area contributed by atoms with Crippen molar-refractivity contribution in [3.05, 3.63) is 11.1 Å². The standard InChI is InChI=1S/C13H23NO2S/c1-9(2)11-7-10-5-6-13(11,12(10,3)4)8-17(14,15)16/h10H,5-8H2,1-4H3,(H2,14,15,16). The molecule has 0 heterocycles. The minimum absolute atomic E-state index is 0.0616. The van der Waals surface area contributed by atoms with E-state index in [0.29, 0.717) is 5.92 Å². The second-order valence-electron chi connectivity index (χ2n) is 6.53. The van der Waals surface area contributed by atoms with E-state index in [2.05, 4.69) is 27.7 Å². The summed E-state index contributed by atoms with van der Waals surface area (Å²) in [6.07, 6.45) is 3.17. The lowest BCUT2D eigenvalue weighted by Gasteiger charge is -2.39. The first-order valence-corrected chi connectivity index (χ1v) is 7.99. The van der Waals surface area contributed by atoms with Gasteiger partial charge in [-0.3, -0.25) is 0 Å². The SMILES string of the molecule is CC(C)=C1CC2CCC1(CS(N)(=O)=O)C2(C)C. The number of nitrogens with two attached hydrogens (primary N) is 1. The van der Waals surface area contributed by atoms with Crippen molar-refractivity contribution in [3.8, 4) is 0 Å². The van der Waals surface area contributed by atoms with Crippen LogP contribution >= 0.6 is 0 Å². The molecular weight excluding hydrogens is 234 g/mol. The molecule has 4 heteroatoms. The molecule has 2 aliphatic rings. The average molecular weight is 257 g/mol. The normalized spacial score (nSPS) is 35.4. The van der Waals surface area contributed by atoms with Gasteiger partial charge in [0.15, 0.2) is 0 Å². The Morgan fingerprint density at radius 2 is 2.00 bits per heavy atom. The van der Waals surface area contributed by atoms with Crippen molar-refractivity contribution in [2.75, 3.05) is 5.75 Å². The summed E-state index contributed by atoms with van der Waals surface area (Å²) >= 11 is 0. The summed E-state index contributed by atoms with van der Waals surface area (Å²) in [7, 11) is -3.42. The first-order chi connectivity index (χ1) is 7.60. The third-order valence-corrected chi connectivity index (χ3v) is 6.15. The Morgan fingerprint density at radius 3 is 2.41 bits per heavy atom. The largest absolute Gasteiger partial charge is 0.229 e. The second kappa shape index (κ2) is 3.58. The number of sulfonamides is 1. The molecule has 2 unspecified atom stereocenters. The third-order valence-electron chi connectivity index (χ3n) is 5.25. The number of hydrogen-bond acceptors (Lipinski definition) is 2. The molecule has 98 valence electrons. The summed E-state index contributed by atoms with van der Waals surface area (Å²) in [6.45, 7) is 8.62. The lowest BCUT2D eigenvalue weighted by molar-refractivity contribution is 0.181. The molecule has 0 aromatic carbocycles. The molecule has 0 spiro atoms. The molecule has 2 N–H and O–H groups in total. The smallest absolute Gasteiger partial charge is 0.209 e. The van der Waals surface area contributed by atoms with Crippen LogP contribution in [0.3, 0.4) is 0 Å². The van der Waals surface area contributed by atoms with Crippen molar-refractivity contribution >= 4 is 10.0 Å². The lowest BCUT2D eigenvalue weighted by atomic mass is 9.68. The Bertz CT molecular complexity index is 472. The fraction of sp³-hybridized carbons (Fsp3) is 0.846. The Balaban J connectivity index is 2.56. The summed E-state index contributed by atoms with van der Waals surface area (Å²) < 4.78 is 23.2. The molecule has 3 nitrogen and oxygen atoms in total. The van der Waals surface area contributed by atoms with Crippen LogP contribution in [-0.2, 0) is 10.0 Å². The molecule has 0 amide bonds. The highest BCUT2D eigenvalue weighted by molar-refractivity contribution is 7.89. The molecule has 2 rings (SSSR count). The summed E-state index contributed by atoms with van der Waals surface area (Å²) in [5, 5.41) is 5.33. The van der Waals surface area contributed by atoms with E-state index in [1.54, 1.807) is 0 Å². The number of hydrogen-bond donors (Lipinski definition) is 1. The zero-order chi connectivity index (χ0) is 13.1. The molecule has 2 fully saturated rings. The van der Waals surface area contributed by atoms with Gasteiger partial charge in [-0.15, -0.1) is 0 Å². The predicted molar refractivity (Wildman–Crippen MR) is 69.9 cm³/mol. The highest BCUT2D eigenvalue weighted by Gasteiger charge is 2.62. The zero-order valence-corrected chi connectivity index (χ0v) is 12.0. The highest BCUT2D eigenvalue weighted by atomic mass is 32.2. The molecule has 2 bridgehead atoms. The predicted octanol–water partition coefficient (Wildman–Crippen LogP) is 2.44. The lowest BCUT2D eigenvalue weighted by Crippen LogP contribution is -2.40. The number of rotatable bonds is 2. The van der Waals surface area contributed by atoms with Gasteiger partial charge in [-0.2, -0.15) is 0 Å². The molecule has 2 saturated carbocycles. The van der Waals surface area contributed by atoms with Crippen molar-refractivity contribution < 1.29 is 8.42 Å². The van der Waals surface area contributed by atoms with Gasteiger partial charge >= 0.3 is 0 Å². The van der Waals surface area contributed by atoms with E-state index in [1.165, 1.54) is 11.1 Å². The Kier molecular flexibility index (Phi) is 2.75. The third kappa shape index (κ3) is 1.76. The maximum atomic E-state index is 11.6. The van der Waals surface area contributed by atoms with Crippen molar-refractivity contribution in [1.29, 1.82) is 0 Å². The number of primary sulfonamides is 1. The summed E-state index contributed by atoms with van der Waals surface area (Å²) in [6, 6.07) is 0. The van der Waals surface area contributed by atoms with Crippen molar-refractivity contribution in [2.24, 2.45) is 21.9 Å². The van der Waals surface area contributed by atoms with Gasteiger partial charge in [0.05, 0.1) is 5.75 Å². The zero-order valence-electron chi connectivity index (χ0n) is 11.2. The molecule has 17 heavy (non-hydrogen) atoms. The van der Waals surface area contributed by atoms with Gasteiger partial charge < -0.3 is 0 Å². The van der Waals surface area contributed by atoms with Crippen LogP contribution in [0.2, 0.25) is 0 Å². The van der Waals surface area contributed by atoms with Crippen LogP contribution in [-0.4, -0.2) is 14.2 Å². The van der Waals surface area contributed by atoms with E-state index in [1.807, 2.05) is 0 Å². The van der Waals surface area contributed by atoms with Crippen molar-refractivity contribution in [2.45, 2.75) is 47.0 Å². The van der Waals surface area contributed by atoms with Gasteiger partial charge in [-0.05, 0) is 44.4 Å². The number of fused-ring (bicyclic) bond motifs is 2. The van der Waals surface area contributed by atoms with Gasteiger partial charge in [0, 0.05) is 5.41 Å². The Labute approximate surface area is 105 Å². The quantitative estimate of drug-likeness (QED) is 0.772. The van der Waals surface area contributed by atoms with Crippen molar-refractivity contribution in [1.82, 2.24) is 0 Å². The average Bonchev–Trinajstić information content (AvgIpc) is 2.46. The van der Waals surface area contributed by atoms with Crippen LogP contribution in [0, 0.1) is 16.7 Å². The highest BCUT2D eigenvalue weighted by Crippen LogP contribution is 2.68. The maximum Gasteiger partial charge on any atom is 0.209 e. The molecular formula is C13H23NO2S. The van der Waals surface area contributed by atoms with Crippen LogP contribution in [0.5, 0.6) is 0 Å². The first-order valence-electron chi connectivity index (χ1n) is 6.27. The van der Waals surface area contributed by atoms with E-state index < -0.39 is 10.0 Å². The maximum absolute atomic E-state index is 11.6. The van der Waals surface area contributed by atoms with Crippen LogP contribution in [0.15, 0.2) is 11.1 Å². The molecule has 0 aromatic rings. The number of allylic oxidation sites excluding steroid dienone is 2. The van der Waals surface area contributed by atoms with Gasteiger partial charge in [-0.1, -0.05) is 25.0 Å². The minimum Gasteiger partial charge on any atom is -0.229 e. The molecule has 0 aliphatic heterocycles. The Morgan fingerprint density at radius 1 is 1.41 bits per heavy atom. The molecule has 2 aliphatic carbocycles. The van der Waals surface area contributed by atoms with Crippen LogP contribution < -0.4 is 5.14 Å². The minimum atomic E-state index is -3.42. The van der Waals surface area contributed by atoms with Crippen LogP contribution in [0.25, 0.3) is 0 Å². The van der Waals surface area contributed by atoms with Gasteiger partial charge in [-0.25, -0.2) is 13.6 Å². The van der Waals surface area contributed by atoms with E-state index in [0.717, 1.165) is 19.3 Å². The molecule has 0 radical (unpaired) electrons. The fourth-order valence-electron chi connectivity index (χ4n) is 4.20. The van der Waals surface area contributed by atoms with Gasteiger partial charge in [0.2, 0.25) is 10.0 Å². The van der Waals surface area contributed by atoms with E-state index in [4.69, 9.17) is 5.14 Å². The second-order valence-corrected chi connectivity index (χ2v) is 8.14. The monoisotopic (exact) mass is 257 g/mol. The first kappa shape index (κ1) is 13.1.